The Morgan fingerprint density at radius 1 is 1.25 bits per heavy atom. The highest BCUT2D eigenvalue weighted by Gasteiger charge is 2.27. The Morgan fingerprint density at radius 2 is 1.83 bits per heavy atom. The monoisotopic (exact) mass is 345 g/mol. The van der Waals surface area contributed by atoms with E-state index in [1.807, 2.05) is 34.6 Å². The summed E-state index contributed by atoms with van der Waals surface area (Å²) in [4.78, 5) is 23.4. The Labute approximate surface area is 148 Å². The van der Waals surface area contributed by atoms with Crippen LogP contribution in [0.15, 0.2) is 0 Å². The fraction of sp³-hybridized carbons (Fsp3) is 0.889. The van der Waals surface area contributed by atoms with Crippen LogP contribution in [0, 0.1) is 5.92 Å². The lowest BCUT2D eigenvalue weighted by Crippen LogP contribution is -2.53. The summed E-state index contributed by atoms with van der Waals surface area (Å²) in [5, 5.41) is 5.98. The molecule has 6 nitrogen and oxygen atoms in total. The molecule has 2 saturated heterocycles. The van der Waals surface area contributed by atoms with Gasteiger partial charge >= 0.3 is 0 Å². The topological polar surface area (TPSA) is 70.7 Å². The summed E-state index contributed by atoms with van der Waals surface area (Å²) >= 11 is 0. The number of likely N-dealkylation sites (N-methyl/N-ethyl adjacent to an activating group) is 1. The Bertz CT molecular complexity index is 295. The molecule has 1 atom stereocenters. The number of amides is 2. The Kier molecular flexibility index (Phi) is 19.0. The lowest BCUT2D eigenvalue weighted by Gasteiger charge is -2.31. The average Bonchev–Trinajstić information content (AvgIpc) is 2.66. The number of hydrogen-bond donors (Lipinski definition) is 2. The van der Waals surface area contributed by atoms with Crippen molar-refractivity contribution in [3.8, 4) is 0 Å². The highest BCUT2D eigenvalue weighted by Crippen LogP contribution is 2.08. The second-order valence-corrected chi connectivity index (χ2v) is 5.26. The van der Waals surface area contributed by atoms with E-state index in [2.05, 4.69) is 17.6 Å². The lowest BCUT2D eigenvalue weighted by molar-refractivity contribution is -0.140. The van der Waals surface area contributed by atoms with Gasteiger partial charge in [0.05, 0.1) is 13.2 Å². The number of rotatable bonds is 3. The van der Waals surface area contributed by atoms with Crippen LogP contribution in [0.4, 0.5) is 0 Å². The summed E-state index contributed by atoms with van der Waals surface area (Å²) in [5.41, 5.74) is 0. The summed E-state index contributed by atoms with van der Waals surface area (Å²) in [5.74, 6) is 0.829. The van der Waals surface area contributed by atoms with Crippen molar-refractivity contribution in [2.75, 3.05) is 39.4 Å². The van der Waals surface area contributed by atoms with Gasteiger partial charge in [-0.2, -0.15) is 0 Å². The molecule has 0 spiro atoms. The quantitative estimate of drug-likeness (QED) is 0.768. The van der Waals surface area contributed by atoms with Gasteiger partial charge in [0.2, 0.25) is 12.3 Å². The van der Waals surface area contributed by atoms with Crippen molar-refractivity contribution >= 4 is 12.3 Å². The van der Waals surface area contributed by atoms with Crippen LogP contribution in [0.1, 0.15) is 54.4 Å². The minimum Gasteiger partial charge on any atom is -0.377 e. The zero-order valence-corrected chi connectivity index (χ0v) is 16.6. The first kappa shape index (κ1) is 25.1. The van der Waals surface area contributed by atoms with Crippen molar-refractivity contribution < 1.29 is 14.3 Å². The first-order valence-corrected chi connectivity index (χ1v) is 9.46. The van der Waals surface area contributed by atoms with E-state index >= 15 is 0 Å². The number of nitrogens with zero attached hydrogens (tertiary/aromatic N) is 1. The largest absolute Gasteiger partial charge is 0.377 e. The number of morpholine rings is 1. The molecule has 1 unspecified atom stereocenters. The number of carbonyl (C=O) groups excluding carboxylic acids is 2. The van der Waals surface area contributed by atoms with Crippen LogP contribution in [0.5, 0.6) is 0 Å². The minimum atomic E-state index is -0.453. The molecule has 2 fully saturated rings. The van der Waals surface area contributed by atoms with E-state index in [0.29, 0.717) is 32.7 Å². The standard InChI is InChI=1S/C8H14N2O3.C6H13N.2C2H6/c1-2-9-8(12)7-5-13-4-3-10(7)6-11;1-6-2-4-7-5-3-6;2*1-2/h6-7H,2-5H2,1H3,(H,9,12);6-7H,2-5H2,1H3;2*1-2H3. The number of hydrogen-bond acceptors (Lipinski definition) is 4. The summed E-state index contributed by atoms with van der Waals surface area (Å²) in [6.45, 7) is 16.5. The summed E-state index contributed by atoms with van der Waals surface area (Å²) in [6, 6.07) is -0.453. The minimum absolute atomic E-state index is 0.144. The van der Waals surface area contributed by atoms with Crippen LogP contribution in [0.25, 0.3) is 0 Å². The summed E-state index contributed by atoms with van der Waals surface area (Å²) in [6.07, 6.45) is 3.45. The highest BCUT2D eigenvalue weighted by molar-refractivity contribution is 5.83. The zero-order chi connectivity index (χ0) is 18.8. The van der Waals surface area contributed by atoms with Gasteiger partial charge in [-0.05, 0) is 38.8 Å². The third kappa shape index (κ3) is 11.4. The van der Waals surface area contributed by atoms with Crippen LogP contribution in [0.3, 0.4) is 0 Å². The molecule has 144 valence electrons. The second kappa shape index (κ2) is 18.2. The van der Waals surface area contributed by atoms with Gasteiger partial charge in [-0.1, -0.05) is 34.6 Å². The molecule has 0 bridgehead atoms. The number of ether oxygens (including phenoxy) is 1. The normalized spacial score (nSPS) is 20.1. The molecule has 24 heavy (non-hydrogen) atoms. The maximum Gasteiger partial charge on any atom is 0.245 e. The summed E-state index contributed by atoms with van der Waals surface area (Å²) in [7, 11) is 0. The van der Waals surface area contributed by atoms with Crippen molar-refractivity contribution in [3.05, 3.63) is 0 Å². The molecule has 0 aromatic rings. The fourth-order valence-electron chi connectivity index (χ4n) is 2.23. The van der Waals surface area contributed by atoms with Crippen LogP contribution in [-0.4, -0.2) is 62.7 Å². The van der Waals surface area contributed by atoms with Gasteiger partial charge in [-0.3, -0.25) is 9.59 Å². The molecule has 0 aliphatic carbocycles. The van der Waals surface area contributed by atoms with Crippen LogP contribution >= 0.6 is 0 Å². The van der Waals surface area contributed by atoms with E-state index in [1.54, 1.807) is 0 Å². The van der Waals surface area contributed by atoms with E-state index in [0.717, 1.165) is 5.92 Å². The predicted octanol–water partition coefficient (Wildman–Crippen LogP) is 2.04. The number of nitrogens with one attached hydrogen (secondary N) is 2. The first-order valence-electron chi connectivity index (χ1n) is 9.46. The van der Waals surface area contributed by atoms with Crippen molar-refractivity contribution in [3.63, 3.8) is 0 Å². The molecule has 6 heteroatoms. The van der Waals surface area contributed by atoms with Crippen molar-refractivity contribution in [1.82, 2.24) is 15.5 Å². The Hall–Kier alpha value is -1.14. The van der Waals surface area contributed by atoms with E-state index in [-0.39, 0.29) is 5.91 Å². The van der Waals surface area contributed by atoms with Gasteiger partial charge in [-0.25, -0.2) is 0 Å². The van der Waals surface area contributed by atoms with Gasteiger partial charge in [0.25, 0.3) is 0 Å². The van der Waals surface area contributed by atoms with Crippen LogP contribution in [-0.2, 0) is 14.3 Å². The highest BCUT2D eigenvalue weighted by atomic mass is 16.5. The molecule has 0 saturated carbocycles. The third-order valence-electron chi connectivity index (χ3n) is 3.59. The molecular weight excluding hydrogens is 306 g/mol. The molecule has 2 rings (SSSR count). The molecule has 2 aliphatic heterocycles. The van der Waals surface area contributed by atoms with Crippen molar-refractivity contribution in [1.29, 1.82) is 0 Å². The first-order chi connectivity index (χ1) is 11.7. The van der Waals surface area contributed by atoms with E-state index in [4.69, 9.17) is 4.74 Å². The van der Waals surface area contributed by atoms with Crippen molar-refractivity contribution in [2.45, 2.75) is 60.4 Å². The van der Waals surface area contributed by atoms with Gasteiger partial charge < -0.3 is 20.3 Å². The van der Waals surface area contributed by atoms with Gasteiger partial charge in [0.15, 0.2) is 0 Å². The van der Waals surface area contributed by atoms with Crippen molar-refractivity contribution in [2.24, 2.45) is 5.92 Å². The molecule has 0 aromatic heterocycles. The zero-order valence-electron chi connectivity index (χ0n) is 16.6. The lowest BCUT2D eigenvalue weighted by atomic mass is 10.0. The van der Waals surface area contributed by atoms with Crippen LogP contribution < -0.4 is 10.6 Å². The smallest absolute Gasteiger partial charge is 0.245 e. The second-order valence-electron chi connectivity index (χ2n) is 5.26. The Morgan fingerprint density at radius 3 is 2.25 bits per heavy atom. The van der Waals surface area contributed by atoms with E-state index < -0.39 is 6.04 Å². The third-order valence-corrected chi connectivity index (χ3v) is 3.59. The van der Waals surface area contributed by atoms with Crippen LogP contribution in [0.2, 0.25) is 0 Å². The molecule has 2 N–H and O–H groups in total. The fourth-order valence-corrected chi connectivity index (χ4v) is 2.23. The molecular formula is C18H39N3O3. The SMILES string of the molecule is CC.CC.CC1CCNCC1.CCNC(=O)C1COCCN1C=O. The number of carbonyl (C=O) groups is 2. The number of piperidine rings is 1. The van der Waals surface area contributed by atoms with E-state index in [9.17, 15) is 9.59 Å². The predicted molar refractivity (Wildman–Crippen MR) is 100 cm³/mol. The molecule has 2 aliphatic rings. The van der Waals surface area contributed by atoms with Gasteiger partial charge in [0, 0.05) is 13.1 Å². The molecule has 0 aromatic carbocycles. The van der Waals surface area contributed by atoms with Gasteiger partial charge in [0.1, 0.15) is 6.04 Å². The maximum absolute atomic E-state index is 11.4. The molecule has 0 radical (unpaired) electrons. The molecule has 2 amide bonds. The average molecular weight is 346 g/mol. The Balaban J connectivity index is 0. The van der Waals surface area contributed by atoms with Gasteiger partial charge in [-0.15, -0.1) is 0 Å². The van der Waals surface area contributed by atoms with E-state index in [1.165, 1.54) is 30.8 Å². The summed E-state index contributed by atoms with van der Waals surface area (Å²) < 4.78 is 5.12. The molecule has 2 heterocycles. The maximum atomic E-state index is 11.4.